The molecule has 174 valence electrons. The number of carbonyl (C=O) groups excluding carboxylic acids is 1. The molecule has 7 nitrogen and oxygen atoms in total. The van der Waals surface area contributed by atoms with Gasteiger partial charge in [-0.15, -0.1) is 0 Å². The average molecular weight is 458 g/mol. The first-order valence-corrected chi connectivity index (χ1v) is 11.0. The molecule has 0 aliphatic rings. The van der Waals surface area contributed by atoms with Gasteiger partial charge in [0.2, 0.25) is 5.88 Å². The first-order valence-electron chi connectivity index (χ1n) is 11.0. The van der Waals surface area contributed by atoms with Gasteiger partial charge in [-0.05, 0) is 42.3 Å². The fourth-order valence-electron chi connectivity index (χ4n) is 3.65. The second-order valence-electron chi connectivity index (χ2n) is 7.83. The topological polar surface area (TPSA) is 86.3 Å². The van der Waals surface area contributed by atoms with Crippen molar-refractivity contribution in [2.45, 2.75) is 19.8 Å². The molecule has 2 aromatic heterocycles. The van der Waals surface area contributed by atoms with Gasteiger partial charge >= 0.3 is 0 Å². The highest BCUT2D eigenvalue weighted by atomic mass is 16.5. The molecular formula is C27H27N3O4. The SMILES string of the molecule is COc1ccc(CCOc2cccc(-c3cccc(CC(=O)c4cnc(C)[nH]4)c3)n2)cc1OC. The Morgan fingerprint density at radius 3 is 2.53 bits per heavy atom. The summed E-state index contributed by atoms with van der Waals surface area (Å²) in [7, 11) is 3.24. The largest absolute Gasteiger partial charge is 0.493 e. The highest BCUT2D eigenvalue weighted by Crippen LogP contribution is 2.28. The van der Waals surface area contributed by atoms with Crippen molar-refractivity contribution in [3.8, 4) is 28.6 Å². The van der Waals surface area contributed by atoms with Crippen LogP contribution >= 0.6 is 0 Å². The summed E-state index contributed by atoms with van der Waals surface area (Å²) in [5.74, 6) is 2.67. The van der Waals surface area contributed by atoms with E-state index in [4.69, 9.17) is 14.2 Å². The van der Waals surface area contributed by atoms with E-state index in [1.54, 1.807) is 20.4 Å². The summed E-state index contributed by atoms with van der Waals surface area (Å²) in [4.78, 5) is 24.3. The maximum Gasteiger partial charge on any atom is 0.213 e. The number of carbonyl (C=O) groups is 1. The van der Waals surface area contributed by atoms with Gasteiger partial charge < -0.3 is 19.2 Å². The van der Waals surface area contributed by atoms with Crippen molar-refractivity contribution in [2.24, 2.45) is 0 Å². The summed E-state index contributed by atoms with van der Waals surface area (Å²) in [6, 6.07) is 19.3. The lowest BCUT2D eigenvalue weighted by Crippen LogP contribution is -2.04. The minimum atomic E-state index is -0.00189. The number of ketones is 1. The second kappa shape index (κ2) is 10.7. The molecule has 0 saturated heterocycles. The zero-order chi connectivity index (χ0) is 23.9. The first-order chi connectivity index (χ1) is 16.6. The van der Waals surface area contributed by atoms with Gasteiger partial charge in [0.05, 0.1) is 32.7 Å². The van der Waals surface area contributed by atoms with Crippen LogP contribution in [0.25, 0.3) is 11.3 Å². The Labute approximate surface area is 198 Å². The quantitative estimate of drug-likeness (QED) is 0.343. The monoisotopic (exact) mass is 457 g/mol. The number of hydrogen-bond donors (Lipinski definition) is 1. The fourth-order valence-corrected chi connectivity index (χ4v) is 3.65. The zero-order valence-electron chi connectivity index (χ0n) is 19.5. The lowest BCUT2D eigenvalue weighted by atomic mass is 10.0. The third kappa shape index (κ3) is 5.61. The van der Waals surface area contributed by atoms with Gasteiger partial charge in [0, 0.05) is 24.5 Å². The summed E-state index contributed by atoms with van der Waals surface area (Å²) in [6.45, 7) is 2.30. The normalized spacial score (nSPS) is 10.7. The molecule has 0 fully saturated rings. The van der Waals surface area contributed by atoms with Gasteiger partial charge in [-0.3, -0.25) is 4.79 Å². The lowest BCUT2D eigenvalue weighted by Gasteiger charge is -2.11. The third-order valence-corrected chi connectivity index (χ3v) is 5.40. The number of imidazole rings is 1. The van der Waals surface area contributed by atoms with Crippen LogP contribution in [0.5, 0.6) is 17.4 Å². The van der Waals surface area contributed by atoms with Gasteiger partial charge in [-0.2, -0.15) is 0 Å². The number of benzene rings is 2. The predicted octanol–water partition coefficient (Wildman–Crippen LogP) is 4.84. The number of ether oxygens (including phenoxy) is 3. The molecule has 0 bridgehead atoms. The van der Waals surface area contributed by atoms with E-state index < -0.39 is 0 Å². The van der Waals surface area contributed by atoms with Gasteiger partial charge in [0.1, 0.15) is 11.5 Å². The molecule has 4 rings (SSSR count). The Hall–Kier alpha value is -4.13. The highest BCUT2D eigenvalue weighted by Gasteiger charge is 2.11. The molecule has 0 aliphatic heterocycles. The number of H-pyrrole nitrogens is 1. The maximum absolute atomic E-state index is 12.5. The van der Waals surface area contributed by atoms with Gasteiger partial charge in [-0.25, -0.2) is 9.97 Å². The summed E-state index contributed by atoms with van der Waals surface area (Å²) in [5, 5.41) is 0. The van der Waals surface area contributed by atoms with Crippen molar-refractivity contribution < 1.29 is 19.0 Å². The van der Waals surface area contributed by atoms with Crippen LogP contribution in [0.4, 0.5) is 0 Å². The molecule has 0 amide bonds. The number of rotatable bonds is 10. The molecule has 0 unspecified atom stereocenters. The molecule has 4 aromatic rings. The molecule has 0 atom stereocenters. The van der Waals surface area contributed by atoms with E-state index in [-0.39, 0.29) is 12.2 Å². The standard InChI is InChI=1S/C27H27N3O4/c1-18-28-17-23(29-18)24(31)15-20-6-4-7-21(14-20)22-8-5-9-27(30-22)34-13-12-19-10-11-25(32-2)26(16-19)33-3/h4-11,14,16-17H,12-13,15H2,1-3H3,(H,28,29). The van der Waals surface area contributed by atoms with Crippen molar-refractivity contribution >= 4 is 5.78 Å². The minimum absolute atomic E-state index is 0.00189. The predicted molar refractivity (Wildman–Crippen MR) is 130 cm³/mol. The van der Waals surface area contributed by atoms with Crippen molar-refractivity contribution in [3.63, 3.8) is 0 Å². The summed E-state index contributed by atoms with van der Waals surface area (Å²) in [5.41, 5.74) is 4.23. The van der Waals surface area contributed by atoms with Gasteiger partial charge in [-0.1, -0.05) is 30.3 Å². The highest BCUT2D eigenvalue weighted by molar-refractivity contribution is 5.95. The van der Waals surface area contributed by atoms with Crippen molar-refractivity contribution in [1.82, 2.24) is 15.0 Å². The van der Waals surface area contributed by atoms with Crippen LogP contribution in [0.3, 0.4) is 0 Å². The van der Waals surface area contributed by atoms with E-state index in [0.717, 1.165) is 28.2 Å². The molecule has 2 heterocycles. The summed E-state index contributed by atoms with van der Waals surface area (Å²) >= 11 is 0. The van der Waals surface area contributed by atoms with Crippen molar-refractivity contribution in [2.75, 3.05) is 20.8 Å². The summed E-state index contributed by atoms with van der Waals surface area (Å²) in [6.07, 6.45) is 2.57. The molecule has 34 heavy (non-hydrogen) atoms. The first kappa shape index (κ1) is 23.0. The third-order valence-electron chi connectivity index (χ3n) is 5.40. The van der Waals surface area contributed by atoms with Crippen molar-refractivity contribution in [3.05, 3.63) is 89.5 Å². The van der Waals surface area contributed by atoms with Crippen LogP contribution in [-0.4, -0.2) is 41.6 Å². The zero-order valence-corrected chi connectivity index (χ0v) is 19.5. The van der Waals surface area contributed by atoms with Crippen LogP contribution in [0.1, 0.15) is 27.4 Å². The van der Waals surface area contributed by atoms with E-state index in [0.29, 0.717) is 36.1 Å². The van der Waals surface area contributed by atoms with Crippen LogP contribution in [0.15, 0.2) is 66.9 Å². The molecule has 0 saturated carbocycles. The number of pyridine rings is 1. The van der Waals surface area contributed by atoms with Gasteiger partial charge in [0.15, 0.2) is 17.3 Å². The van der Waals surface area contributed by atoms with Gasteiger partial charge in [0.25, 0.3) is 0 Å². The number of aromatic nitrogens is 3. The number of hydrogen-bond acceptors (Lipinski definition) is 6. The number of methoxy groups -OCH3 is 2. The minimum Gasteiger partial charge on any atom is -0.493 e. The molecule has 0 radical (unpaired) electrons. The molecular weight excluding hydrogens is 430 g/mol. The Kier molecular flexibility index (Phi) is 7.22. The Morgan fingerprint density at radius 1 is 0.941 bits per heavy atom. The smallest absolute Gasteiger partial charge is 0.213 e. The van der Waals surface area contributed by atoms with Crippen molar-refractivity contribution in [1.29, 1.82) is 0 Å². The number of aryl methyl sites for hydroxylation is 1. The van der Waals surface area contributed by atoms with E-state index in [1.165, 1.54) is 0 Å². The average Bonchev–Trinajstić information content (AvgIpc) is 3.31. The Bertz CT molecular complexity index is 1280. The fraction of sp³-hybridized carbons (Fsp3) is 0.222. The molecule has 1 N–H and O–H groups in total. The van der Waals surface area contributed by atoms with Crippen LogP contribution in [0, 0.1) is 6.92 Å². The lowest BCUT2D eigenvalue weighted by molar-refractivity contribution is 0.0988. The number of aromatic amines is 1. The van der Waals surface area contributed by atoms with Crippen LogP contribution < -0.4 is 14.2 Å². The van der Waals surface area contributed by atoms with E-state index >= 15 is 0 Å². The second-order valence-corrected chi connectivity index (χ2v) is 7.83. The maximum atomic E-state index is 12.5. The van der Waals surface area contributed by atoms with E-state index in [1.807, 2.05) is 67.6 Å². The summed E-state index contributed by atoms with van der Waals surface area (Å²) < 4.78 is 16.6. The number of nitrogens with zero attached hydrogens (tertiary/aromatic N) is 2. The van der Waals surface area contributed by atoms with Crippen LogP contribution in [0.2, 0.25) is 0 Å². The number of Topliss-reactive ketones (excluding diaryl/α,β-unsaturated/α-hetero) is 1. The Morgan fingerprint density at radius 2 is 1.76 bits per heavy atom. The van der Waals surface area contributed by atoms with E-state index in [9.17, 15) is 4.79 Å². The van der Waals surface area contributed by atoms with Crippen LogP contribution in [-0.2, 0) is 12.8 Å². The molecule has 7 heteroatoms. The molecule has 0 aliphatic carbocycles. The molecule has 2 aromatic carbocycles. The Balaban J connectivity index is 1.40. The van der Waals surface area contributed by atoms with E-state index in [2.05, 4.69) is 15.0 Å². The molecule has 0 spiro atoms. The number of nitrogens with one attached hydrogen (secondary N) is 1.